The van der Waals surface area contributed by atoms with E-state index in [0.29, 0.717) is 6.42 Å². The molecule has 8 heteroatoms. The van der Waals surface area contributed by atoms with Crippen LogP contribution in [0.5, 0.6) is 0 Å². The van der Waals surface area contributed by atoms with Crippen molar-refractivity contribution in [2.24, 2.45) is 4.99 Å². The lowest BCUT2D eigenvalue weighted by molar-refractivity contribution is -0.137. The highest BCUT2D eigenvalue weighted by Crippen LogP contribution is 2.13. The summed E-state index contributed by atoms with van der Waals surface area (Å²) in [5, 5.41) is 30.0. The Morgan fingerprint density at radius 2 is 0.957 bits per heavy atom. The Bertz CT molecular complexity index is 696. The van der Waals surface area contributed by atoms with Crippen molar-refractivity contribution in [3.63, 3.8) is 0 Å². The number of nitrogens with zero attached hydrogens (tertiary/aromatic N) is 1. The molecule has 0 unspecified atom stereocenters. The minimum atomic E-state index is -2.17. The fourth-order valence-corrected chi connectivity index (χ4v) is 5.26. The molecular formula is C38H74BNO6. The summed E-state index contributed by atoms with van der Waals surface area (Å²) in [4.78, 5) is 14.6. The van der Waals surface area contributed by atoms with E-state index in [1.54, 1.807) is 0 Å². The van der Waals surface area contributed by atoms with E-state index in [4.69, 9.17) is 24.9 Å². The number of aliphatic carboxylic acids is 1. The summed E-state index contributed by atoms with van der Waals surface area (Å²) in [7, 11) is -2.17. The van der Waals surface area contributed by atoms with Crippen LogP contribution in [-0.4, -0.2) is 52.5 Å². The first-order valence-corrected chi connectivity index (χ1v) is 19.2. The molecule has 7 nitrogen and oxygen atoms in total. The average molecular weight is 652 g/mol. The third kappa shape index (κ3) is 46.8. The molecule has 0 aliphatic carbocycles. The maximum Gasteiger partial charge on any atom is 0.631 e. The van der Waals surface area contributed by atoms with E-state index in [1.807, 2.05) is 6.08 Å². The van der Waals surface area contributed by atoms with Gasteiger partial charge in [-0.1, -0.05) is 160 Å². The lowest BCUT2D eigenvalue weighted by Crippen LogP contribution is -2.07. The molecule has 0 aromatic carbocycles. The van der Waals surface area contributed by atoms with Gasteiger partial charge < -0.3 is 24.9 Å². The number of unbranched alkanes of at least 4 members (excludes halogenated alkanes) is 24. The van der Waals surface area contributed by atoms with Gasteiger partial charge in [0, 0.05) is 6.42 Å². The predicted octanol–water partition coefficient (Wildman–Crippen LogP) is 10.5. The number of carboxylic acids is 1. The summed E-state index contributed by atoms with van der Waals surface area (Å²) in [5.41, 5.74) is 0. The normalized spacial score (nSPS) is 12.4. The van der Waals surface area contributed by atoms with Crippen molar-refractivity contribution >= 4 is 19.2 Å². The molecular weight excluding hydrogens is 577 g/mol. The molecule has 1 rings (SSSR count). The van der Waals surface area contributed by atoms with Crippen LogP contribution in [0.15, 0.2) is 29.3 Å². The van der Waals surface area contributed by atoms with E-state index in [2.05, 4.69) is 37.1 Å². The zero-order valence-corrected chi connectivity index (χ0v) is 30.2. The number of aliphatic imine (C=N–C) groups is 1. The van der Waals surface area contributed by atoms with Gasteiger partial charge in [-0.15, -0.1) is 0 Å². The van der Waals surface area contributed by atoms with Gasteiger partial charge in [-0.2, -0.15) is 0 Å². The van der Waals surface area contributed by atoms with Crippen LogP contribution in [0.2, 0.25) is 0 Å². The molecule has 270 valence electrons. The molecule has 1 aliphatic rings. The first-order valence-electron chi connectivity index (χ1n) is 19.2. The molecule has 0 fully saturated rings. The monoisotopic (exact) mass is 652 g/mol. The number of allylic oxidation sites excluding steroid dienone is 3. The summed E-state index contributed by atoms with van der Waals surface area (Å²) in [5.74, 6) is 0.164. The van der Waals surface area contributed by atoms with Crippen molar-refractivity contribution in [1.29, 1.82) is 0 Å². The fourth-order valence-electron chi connectivity index (χ4n) is 5.26. The van der Waals surface area contributed by atoms with E-state index < -0.39 is 13.3 Å². The Balaban J connectivity index is 0. The summed E-state index contributed by atoms with van der Waals surface area (Å²) < 4.78 is 5.34. The van der Waals surface area contributed by atoms with E-state index in [1.165, 1.54) is 161 Å². The van der Waals surface area contributed by atoms with E-state index in [0.717, 1.165) is 31.9 Å². The van der Waals surface area contributed by atoms with Gasteiger partial charge in [0.2, 0.25) is 5.90 Å². The van der Waals surface area contributed by atoms with Crippen molar-refractivity contribution in [2.45, 2.75) is 194 Å². The molecule has 0 spiro atoms. The molecule has 1 aliphatic heterocycles. The first-order chi connectivity index (χ1) is 22.4. The number of carbonyl (C=O) groups is 1. The molecule has 4 N–H and O–H groups in total. The molecule has 0 radical (unpaired) electrons. The SMILES string of the molecule is CCCCCCCCC=CCCCCCCCC(=O)O.CCCCCCCCCCCCCCCC=CC1=NCCO1.OB(O)O. The second-order valence-electron chi connectivity index (χ2n) is 12.6. The lowest BCUT2D eigenvalue weighted by Gasteiger charge is -2.02. The second-order valence-corrected chi connectivity index (χ2v) is 12.6. The third-order valence-electron chi connectivity index (χ3n) is 8.00. The second kappa shape index (κ2) is 41.4. The lowest BCUT2D eigenvalue weighted by atomic mass is 10.0. The quantitative estimate of drug-likeness (QED) is 0.0349. The van der Waals surface area contributed by atoms with Crippen molar-refractivity contribution in [2.75, 3.05) is 13.2 Å². The van der Waals surface area contributed by atoms with Gasteiger partial charge in [-0.3, -0.25) is 4.79 Å². The first kappa shape index (κ1) is 46.5. The third-order valence-corrected chi connectivity index (χ3v) is 8.00. The average Bonchev–Trinajstić information content (AvgIpc) is 3.55. The molecule has 1 heterocycles. The Morgan fingerprint density at radius 3 is 1.30 bits per heavy atom. The number of carboxylic acid groups (broad SMARTS) is 1. The van der Waals surface area contributed by atoms with Crippen molar-refractivity contribution in [1.82, 2.24) is 0 Å². The van der Waals surface area contributed by atoms with Crippen molar-refractivity contribution < 1.29 is 29.7 Å². The Labute approximate surface area is 284 Å². The zero-order chi connectivity index (χ0) is 34.2. The molecule has 0 aromatic heterocycles. The van der Waals surface area contributed by atoms with Crippen LogP contribution in [0.3, 0.4) is 0 Å². The minimum absolute atomic E-state index is 0.332. The summed E-state index contributed by atoms with van der Waals surface area (Å²) in [6.07, 6.45) is 45.1. The van der Waals surface area contributed by atoms with E-state index in [-0.39, 0.29) is 0 Å². The summed E-state index contributed by atoms with van der Waals surface area (Å²) in [6.45, 7) is 6.14. The molecule has 0 saturated heterocycles. The maximum atomic E-state index is 10.3. The fraction of sp³-hybridized carbons (Fsp3) is 0.842. The van der Waals surface area contributed by atoms with Gasteiger partial charge in [-0.05, 0) is 51.0 Å². The van der Waals surface area contributed by atoms with Gasteiger partial charge in [0.05, 0.1) is 6.54 Å². The molecule has 46 heavy (non-hydrogen) atoms. The predicted molar refractivity (Wildman–Crippen MR) is 197 cm³/mol. The molecule has 0 atom stereocenters. The molecule has 0 amide bonds. The number of rotatable bonds is 30. The Morgan fingerprint density at radius 1 is 0.609 bits per heavy atom. The summed E-state index contributed by atoms with van der Waals surface area (Å²) in [6, 6.07) is 0. The Hall–Kier alpha value is -1.64. The standard InChI is InChI=1S/C20H37NO.C18H34O2.BH3O3/c1-2-3-4-5-6-7-8-9-10-11-12-13-14-15-16-17-20-21-18-19-22-20;1-2-3-4-5-6-7-8-9-10-11-12-13-14-15-16-17-18(19)20;2-1(3)4/h16-17H,2-15,18-19H2,1H3;9-10H,2-8,11-17H2,1H3,(H,19,20);2-4H. The summed E-state index contributed by atoms with van der Waals surface area (Å²) >= 11 is 0. The Kier molecular flexibility index (Phi) is 41.8. The number of hydrogen-bond donors (Lipinski definition) is 4. The van der Waals surface area contributed by atoms with Gasteiger partial charge in [-0.25, -0.2) is 4.99 Å². The van der Waals surface area contributed by atoms with Crippen LogP contribution < -0.4 is 0 Å². The maximum absolute atomic E-state index is 10.3. The van der Waals surface area contributed by atoms with Crippen LogP contribution in [0, 0.1) is 0 Å². The highest BCUT2D eigenvalue weighted by molar-refractivity contribution is 6.30. The van der Waals surface area contributed by atoms with Crippen LogP contribution in [0.4, 0.5) is 0 Å². The van der Waals surface area contributed by atoms with E-state index in [9.17, 15) is 4.79 Å². The highest BCUT2D eigenvalue weighted by atomic mass is 16.5. The largest absolute Gasteiger partial charge is 0.631 e. The van der Waals surface area contributed by atoms with Crippen LogP contribution in [0.25, 0.3) is 0 Å². The van der Waals surface area contributed by atoms with Crippen LogP contribution >= 0.6 is 0 Å². The molecule has 0 saturated carbocycles. The van der Waals surface area contributed by atoms with Gasteiger partial charge in [0.1, 0.15) is 6.61 Å². The van der Waals surface area contributed by atoms with E-state index >= 15 is 0 Å². The topological polar surface area (TPSA) is 120 Å². The van der Waals surface area contributed by atoms with Gasteiger partial charge >= 0.3 is 13.3 Å². The zero-order valence-electron chi connectivity index (χ0n) is 30.2. The molecule has 0 aromatic rings. The minimum Gasteiger partial charge on any atom is -0.481 e. The number of ether oxygens (including phenoxy) is 1. The smallest absolute Gasteiger partial charge is 0.481 e. The van der Waals surface area contributed by atoms with Gasteiger partial charge in [0.25, 0.3) is 0 Å². The van der Waals surface area contributed by atoms with Crippen molar-refractivity contribution in [3.05, 3.63) is 24.3 Å². The highest BCUT2D eigenvalue weighted by Gasteiger charge is 2.01. The van der Waals surface area contributed by atoms with Crippen LogP contribution in [0.1, 0.15) is 194 Å². The number of hydrogen-bond acceptors (Lipinski definition) is 6. The van der Waals surface area contributed by atoms with Gasteiger partial charge in [0.15, 0.2) is 0 Å². The molecule has 0 bridgehead atoms. The van der Waals surface area contributed by atoms with Crippen molar-refractivity contribution in [3.8, 4) is 0 Å². The van der Waals surface area contributed by atoms with Crippen LogP contribution in [-0.2, 0) is 9.53 Å².